The van der Waals surface area contributed by atoms with Crippen LogP contribution in [0.1, 0.15) is 12.5 Å². The topological polar surface area (TPSA) is 61.6 Å². The summed E-state index contributed by atoms with van der Waals surface area (Å²) in [4.78, 5) is 10.1. The van der Waals surface area contributed by atoms with Gasteiger partial charge in [0, 0.05) is 12.7 Å². The SMILES string of the molecule is CCOc1cc([N+](=O)[O-])c(Cl)cc1COC. The van der Waals surface area contributed by atoms with Gasteiger partial charge in [-0.2, -0.15) is 0 Å². The molecule has 0 radical (unpaired) electrons. The second kappa shape index (κ2) is 5.67. The number of nitro groups is 1. The van der Waals surface area contributed by atoms with Gasteiger partial charge in [0.15, 0.2) is 0 Å². The number of hydrogen-bond acceptors (Lipinski definition) is 4. The smallest absolute Gasteiger partial charge is 0.291 e. The summed E-state index contributed by atoms with van der Waals surface area (Å²) in [6.45, 7) is 2.53. The van der Waals surface area contributed by atoms with Gasteiger partial charge >= 0.3 is 0 Å². The summed E-state index contributed by atoms with van der Waals surface area (Å²) in [5, 5.41) is 10.8. The zero-order chi connectivity index (χ0) is 12.1. The molecule has 6 heteroatoms. The van der Waals surface area contributed by atoms with E-state index in [9.17, 15) is 10.1 Å². The van der Waals surface area contributed by atoms with E-state index in [1.807, 2.05) is 0 Å². The van der Waals surface area contributed by atoms with Crippen molar-refractivity contribution in [3.8, 4) is 5.75 Å². The van der Waals surface area contributed by atoms with Crippen molar-refractivity contribution >= 4 is 17.3 Å². The Morgan fingerprint density at radius 3 is 2.69 bits per heavy atom. The van der Waals surface area contributed by atoms with Crippen molar-refractivity contribution in [3.05, 3.63) is 32.8 Å². The molecule has 0 saturated carbocycles. The molecule has 0 aliphatic heterocycles. The van der Waals surface area contributed by atoms with Crippen molar-refractivity contribution in [1.82, 2.24) is 0 Å². The first-order valence-electron chi connectivity index (χ1n) is 4.68. The van der Waals surface area contributed by atoms with Crippen molar-refractivity contribution in [3.63, 3.8) is 0 Å². The number of hydrogen-bond donors (Lipinski definition) is 0. The number of benzene rings is 1. The van der Waals surface area contributed by atoms with Gasteiger partial charge in [-0.1, -0.05) is 11.6 Å². The maximum Gasteiger partial charge on any atom is 0.291 e. The third-order valence-electron chi connectivity index (χ3n) is 1.93. The van der Waals surface area contributed by atoms with Crippen LogP contribution in [0.5, 0.6) is 5.75 Å². The van der Waals surface area contributed by atoms with Crippen LogP contribution < -0.4 is 4.74 Å². The van der Waals surface area contributed by atoms with Crippen LogP contribution in [0, 0.1) is 10.1 Å². The fraction of sp³-hybridized carbons (Fsp3) is 0.400. The van der Waals surface area contributed by atoms with E-state index >= 15 is 0 Å². The monoisotopic (exact) mass is 245 g/mol. The van der Waals surface area contributed by atoms with Crippen LogP contribution in [0.4, 0.5) is 5.69 Å². The summed E-state index contributed by atoms with van der Waals surface area (Å²) in [6.07, 6.45) is 0. The predicted octanol–water partition coefficient (Wildman–Crippen LogP) is 2.79. The first-order chi connectivity index (χ1) is 7.60. The van der Waals surface area contributed by atoms with Crippen LogP contribution >= 0.6 is 11.6 Å². The summed E-state index contributed by atoms with van der Waals surface area (Å²) >= 11 is 5.78. The zero-order valence-corrected chi connectivity index (χ0v) is 9.78. The molecule has 0 heterocycles. The third kappa shape index (κ3) is 2.84. The molecule has 0 aliphatic rings. The molecule has 0 spiro atoms. The van der Waals surface area contributed by atoms with Gasteiger partial charge in [-0.05, 0) is 13.0 Å². The minimum atomic E-state index is -0.540. The summed E-state index contributed by atoms with van der Waals surface area (Å²) in [7, 11) is 1.53. The lowest BCUT2D eigenvalue weighted by molar-refractivity contribution is -0.384. The van der Waals surface area contributed by atoms with E-state index in [2.05, 4.69) is 0 Å². The van der Waals surface area contributed by atoms with E-state index in [1.54, 1.807) is 6.92 Å². The maximum absolute atomic E-state index is 10.7. The van der Waals surface area contributed by atoms with Crippen molar-refractivity contribution in [2.75, 3.05) is 13.7 Å². The molecule has 88 valence electrons. The lowest BCUT2D eigenvalue weighted by Crippen LogP contribution is -2.00. The molecule has 0 aromatic heterocycles. The van der Waals surface area contributed by atoms with Gasteiger partial charge in [0.05, 0.1) is 24.2 Å². The lowest BCUT2D eigenvalue weighted by atomic mass is 10.2. The van der Waals surface area contributed by atoms with Crippen molar-refractivity contribution in [2.45, 2.75) is 13.5 Å². The first kappa shape index (κ1) is 12.7. The van der Waals surface area contributed by atoms with Gasteiger partial charge in [-0.25, -0.2) is 0 Å². The molecule has 0 fully saturated rings. The van der Waals surface area contributed by atoms with Gasteiger partial charge in [-0.15, -0.1) is 0 Å². The Morgan fingerprint density at radius 2 is 2.19 bits per heavy atom. The number of rotatable bonds is 5. The molecule has 0 saturated heterocycles. The average Bonchev–Trinajstić information content (AvgIpc) is 2.22. The number of halogens is 1. The van der Waals surface area contributed by atoms with Crippen LogP contribution in [-0.2, 0) is 11.3 Å². The molecule has 0 amide bonds. The van der Waals surface area contributed by atoms with Gasteiger partial charge in [0.2, 0.25) is 0 Å². The number of methoxy groups -OCH3 is 1. The molecular formula is C10H12ClNO4. The molecule has 0 unspecified atom stereocenters. The van der Waals surface area contributed by atoms with Crippen LogP contribution in [0.25, 0.3) is 0 Å². The van der Waals surface area contributed by atoms with E-state index < -0.39 is 4.92 Å². The molecule has 0 bridgehead atoms. The Hall–Kier alpha value is -1.33. The fourth-order valence-corrected chi connectivity index (χ4v) is 1.54. The highest BCUT2D eigenvalue weighted by Gasteiger charge is 2.17. The van der Waals surface area contributed by atoms with E-state index in [0.29, 0.717) is 24.5 Å². The van der Waals surface area contributed by atoms with E-state index in [4.69, 9.17) is 21.1 Å². The maximum atomic E-state index is 10.7. The molecule has 5 nitrogen and oxygen atoms in total. The number of ether oxygens (including phenoxy) is 2. The molecule has 16 heavy (non-hydrogen) atoms. The number of nitrogens with zero attached hydrogens (tertiary/aromatic N) is 1. The summed E-state index contributed by atoms with van der Waals surface area (Å²) < 4.78 is 10.3. The van der Waals surface area contributed by atoms with Gasteiger partial charge < -0.3 is 9.47 Å². The van der Waals surface area contributed by atoms with Gasteiger partial charge in [-0.3, -0.25) is 10.1 Å². The Labute approximate surface area is 98.1 Å². The largest absolute Gasteiger partial charge is 0.493 e. The molecule has 1 aromatic rings. The van der Waals surface area contributed by atoms with E-state index in [1.165, 1.54) is 19.2 Å². The van der Waals surface area contributed by atoms with Crippen LogP contribution in [-0.4, -0.2) is 18.6 Å². The van der Waals surface area contributed by atoms with Crippen LogP contribution in [0.3, 0.4) is 0 Å². The summed E-state index contributed by atoms with van der Waals surface area (Å²) in [5.41, 5.74) is 0.532. The standard InChI is InChI=1S/C10H12ClNO4/c1-3-16-10-5-9(12(13)14)8(11)4-7(10)6-15-2/h4-5H,3,6H2,1-2H3. The first-order valence-corrected chi connectivity index (χ1v) is 5.06. The Balaban J connectivity index is 3.19. The predicted molar refractivity (Wildman–Crippen MR) is 60.0 cm³/mol. The highest BCUT2D eigenvalue weighted by Crippen LogP contribution is 2.32. The zero-order valence-electron chi connectivity index (χ0n) is 9.03. The Kier molecular flexibility index (Phi) is 4.52. The van der Waals surface area contributed by atoms with E-state index in [0.717, 1.165) is 0 Å². The minimum Gasteiger partial charge on any atom is -0.493 e. The fourth-order valence-electron chi connectivity index (χ4n) is 1.28. The Morgan fingerprint density at radius 1 is 1.50 bits per heavy atom. The van der Waals surface area contributed by atoms with Gasteiger partial charge in [0.1, 0.15) is 10.8 Å². The average molecular weight is 246 g/mol. The summed E-state index contributed by atoms with van der Waals surface area (Å²) in [6, 6.07) is 2.81. The highest BCUT2D eigenvalue weighted by molar-refractivity contribution is 6.32. The molecule has 0 N–H and O–H groups in total. The highest BCUT2D eigenvalue weighted by atomic mass is 35.5. The van der Waals surface area contributed by atoms with E-state index in [-0.39, 0.29) is 10.7 Å². The molecule has 0 aliphatic carbocycles. The van der Waals surface area contributed by atoms with Crippen LogP contribution in [0.2, 0.25) is 5.02 Å². The minimum absolute atomic E-state index is 0.0838. The van der Waals surface area contributed by atoms with Crippen molar-refractivity contribution in [1.29, 1.82) is 0 Å². The quantitative estimate of drug-likeness (QED) is 0.591. The van der Waals surface area contributed by atoms with Crippen LogP contribution in [0.15, 0.2) is 12.1 Å². The normalized spacial score (nSPS) is 10.2. The number of nitro benzene ring substituents is 1. The molecule has 1 aromatic carbocycles. The third-order valence-corrected chi connectivity index (χ3v) is 2.23. The molecular weight excluding hydrogens is 234 g/mol. The summed E-state index contributed by atoms with van der Waals surface area (Å²) in [5.74, 6) is 0.431. The second-order valence-electron chi connectivity index (χ2n) is 3.03. The second-order valence-corrected chi connectivity index (χ2v) is 3.44. The molecule has 1 rings (SSSR count). The van der Waals surface area contributed by atoms with Gasteiger partial charge in [0.25, 0.3) is 5.69 Å². The van der Waals surface area contributed by atoms with Crippen molar-refractivity contribution < 1.29 is 14.4 Å². The Bertz CT molecular complexity index is 395. The molecule has 0 atom stereocenters. The van der Waals surface area contributed by atoms with Crippen molar-refractivity contribution in [2.24, 2.45) is 0 Å². The lowest BCUT2D eigenvalue weighted by Gasteiger charge is -2.10.